The third-order valence-corrected chi connectivity index (χ3v) is 2.77. The van der Waals surface area contributed by atoms with Crippen molar-refractivity contribution in [2.45, 2.75) is 13.8 Å². The van der Waals surface area contributed by atoms with Crippen molar-refractivity contribution in [3.63, 3.8) is 0 Å². The first kappa shape index (κ1) is 13.1. The maximum atomic E-state index is 11.2. The summed E-state index contributed by atoms with van der Waals surface area (Å²) >= 11 is 0. The molecule has 0 saturated heterocycles. The van der Waals surface area contributed by atoms with Crippen LogP contribution in [0.1, 0.15) is 19.4 Å². The number of fused-ring (bicyclic) bond motifs is 1. The number of carbonyl (C=O) groups excluding carboxylic acids is 1. The van der Waals surface area contributed by atoms with Crippen molar-refractivity contribution < 1.29 is 9.53 Å². The van der Waals surface area contributed by atoms with Crippen LogP contribution in [-0.4, -0.2) is 18.4 Å². The van der Waals surface area contributed by atoms with Gasteiger partial charge >= 0.3 is 6.09 Å². The van der Waals surface area contributed by atoms with Gasteiger partial charge < -0.3 is 4.74 Å². The van der Waals surface area contributed by atoms with Crippen molar-refractivity contribution in [3.05, 3.63) is 48.0 Å². The Bertz CT molecular complexity index is 615. The summed E-state index contributed by atoms with van der Waals surface area (Å²) in [7, 11) is 0. The molecule has 2 aromatic carbocycles. The van der Waals surface area contributed by atoms with Crippen LogP contribution < -0.4 is 5.43 Å². The van der Waals surface area contributed by atoms with E-state index in [0.29, 0.717) is 6.61 Å². The normalized spacial score (nSPS) is 11.4. The van der Waals surface area contributed by atoms with Crippen LogP contribution in [-0.2, 0) is 4.74 Å². The fourth-order valence-electron chi connectivity index (χ4n) is 1.89. The molecule has 2 rings (SSSR count). The standard InChI is InChI=1S/C15H16N2O2/c1-3-19-15(18)17-16-11(2)13-10-6-8-12-7-4-5-9-14(12)13/h4-10H,3H2,1-2H3,(H,17,18). The van der Waals surface area contributed by atoms with Crippen LogP contribution in [0.25, 0.3) is 10.8 Å². The van der Waals surface area contributed by atoms with E-state index in [1.54, 1.807) is 6.92 Å². The predicted octanol–water partition coefficient (Wildman–Crippen LogP) is 3.31. The molecule has 2 aromatic rings. The zero-order chi connectivity index (χ0) is 13.7. The lowest BCUT2D eigenvalue weighted by atomic mass is 10.0. The van der Waals surface area contributed by atoms with Gasteiger partial charge in [0.15, 0.2) is 0 Å². The molecule has 0 aliphatic heterocycles. The molecular formula is C15H16N2O2. The molecule has 19 heavy (non-hydrogen) atoms. The second kappa shape index (κ2) is 6.00. The molecule has 0 aromatic heterocycles. The van der Waals surface area contributed by atoms with E-state index < -0.39 is 6.09 Å². The molecule has 0 radical (unpaired) electrons. The second-order valence-electron chi connectivity index (χ2n) is 4.06. The van der Waals surface area contributed by atoms with Gasteiger partial charge in [-0.1, -0.05) is 42.5 Å². The molecule has 4 heteroatoms. The summed E-state index contributed by atoms with van der Waals surface area (Å²) in [4.78, 5) is 11.2. The lowest BCUT2D eigenvalue weighted by Crippen LogP contribution is -2.20. The number of nitrogens with zero attached hydrogens (tertiary/aromatic N) is 1. The van der Waals surface area contributed by atoms with Crippen LogP contribution in [0, 0.1) is 0 Å². The van der Waals surface area contributed by atoms with Crippen molar-refractivity contribution in [2.24, 2.45) is 5.10 Å². The highest BCUT2D eigenvalue weighted by atomic mass is 16.5. The predicted molar refractivity (Wildman–Crippen MR) is 76.3 cm³/mol. The van der Waals surface area contributed by atoms with Crippen molar-refractivity contribution in [3.8, 4) is 0 Å². The average Bonchev–Trinajstić information content (AvgIpc) is 2.44. The zero-order valence-electron chi connectivity index (χ0n) is 11.0. The van der Waals surface area contributed by atoms with Crippen LogP contribution >= 0.6 is 0 Å². The lowest BCUT2D eigenvalue weighted by Gasteiger charge is -2.06. The zero-order valence-corrected chi connectivity index (χ0v) is 11.0. The third kappa shape index (κ3) is 3.10. The topological polar surface area (TPSA) is 50.7 Å². The van der Waals surface area contributed by atoms with Gasteiger partial charge in [-0.3, -0.25) is 0 Å². The molecule has 0 heterocycles. The average molecular weight is 256 g/mol. The van der Waals surface area contributed by atoms with Crippen LogP contribution in [0.2, 0.25) is 0 Å². The summed E-state index contributed by atoms with van der Waals surface area (Å²) in [6, 6.07) is 14.1. The van der Waals surface area contributed by atoms with Crippen LogP contribution in [0.5, 0.6) is 0 Å². The molecule has 0 aliphatic rings. The summed E-state index contributed by atoms with van der Waals surface area (Å²) in [6.45, 7) is 3.93. The van der Waals surface area contributed by atoms with Crippen molar-refractivity contribution in [2.75, 3.05) is 6.61 Å². The van der Waals surface area contributed by atoms with Crippen LogP contribution in [0.15, 0.2) is 47.6 Å². The largest absolute Gasteiger partial charge is 0.449 e. The van der Waals surface area contributed by atoms with E-state index in [1.165, 1.54) is 0 Å². The lowest BCUT2D eigenvalue weighted by molar-refractivity contribution is 0.152. The van der Waals surface area contributed by atoms with E-state index >= 15 is 0 Å². The minimum Gasteiger partial charge on any atom is -0.449 e. The molecular weight excluding hydrogens is 240 g/mol. The number of hydrogen-bond donors (Lipinski definition) is 1. The number of benzene rings is 2. The number of ether oxygens (including phenoxy) is 1. The number of carbonyl (C=O) groups is 1. The van der Waals surface area contributed by atoms with Gasteiger partial charge in [0, 0.05) is 5.56 Å². The molecule has 0 spiro atoms. The van der Waals surface area contributed by atoms with Crippen LogP contribution in [0.3, 0.4) is 0 Å². The molecule has 1 N–H and O–H groups in total. The Morgan fingerprint density at radius 2 is 1.95 bits per heavy atom. The summed E-state index contributed by atoms with van der Waals surface area (Å²) in [5.41, 5.74) is 4.11. The van der Waals surface area contributed by atoms with E-state index in [0.717, 1.165) is 22.0 Å². The summed E-state index contributed by atoms with van der Waals surface area (Å²) in [5, 5.41) is 6.31. The minimum atomic E-state index is -0.540. The maximum absolute atomic E-state index is 11.2. The molecule has 0 bridgehead atoms. The van der Waals surface area contributed by atoms with Crippen molar-refractivity contribution in [1.82, 2.24) is 5.43 Å². The molecule has 0 saturated carbocycles. The minimum absolute atomic E-state index is 0.328. The summed E-state index contributed by atoms with van der Waals surface area (Å²) < 4.78 is 4.76. The molecule has 1 amide bonds. The van der Waals surface area contributed by atoms with E-state index in [-0.39, 0.29) is 0 Å². The monoisotopic (exact) mass is 256 g/mol. The fourth-order valence-corrected chi connectivity index (χ4v) is 1.89. The molecule has 4 nitrogen and oxygen atoms in total. The fraction of sp³-hybridized carbons (Fsp3) is 0.200. The molecule has 0 unspecified atom stereocenters. The molecule has 0 atom stereocenters. The van der Waals surface area contributed by atoms with Gasteiger partial charge in [-0.15, -0.1) is 0 Å². The first-order valence-electron chi connectivity index (χ1n) is 6.17. The highest BCUT2D eigenvalue weighted by Gasteiger charge is 2.04. The number of hydrogen-bond acceptors (Lipinski definition) is 3. The van der Waals surface area contributed by atoms with Crippen molar-refractivity contribution in [1.29, 1.82) is 0 Å². The van der Waals surface area contributed by atoms with E-state index in [4.69, 9.17) is 4.74 Å². The Labute approximate surface area is 112 Å². The van der Waals surface area contributed by atoms with Crippen molar-refractivity contribution >= 4 is 22.6 Å². The summed E-state index contributed by atoms with van der Waals surface area (Å²) in [5.74, 6) is 0. The van der Waals surface area contributed by atoms with E-state index in [9.17, 15) is 4.79 Å². The Morgan fingerprint density at radius 1 is 1.21 bits per heavy atom. The first-order valence-corrected chi connectivity index (χ1v) is 6.17. The maximum Gasteiger partial charge on any atom is 0.427 e. The Balaban J connectivity index is 2.28. The number of nitrogens with one attached hydrogen (secondary N) is 1. The van der Waals surface area contributed by atoms with Gasteiger partial charge in [0.1, 0.15) is 0 Å². The van der Waals surface area contributed by atoms with Gasteiger partial charge in [0.2, 0.25) is 0 Å². The van der Waals surface area contributed by atoms with Gasteiger partial charge in [-0.05, 0) is 24.6 Å². The highest BCUT2D eigenvalue weighted by Crippen LogP contribution is 2.18. The Hall–Kier alpha value is -2.36. The molecule has 0 aliphatic carbocycles. The van der Waals surface area contributed by atoms with Gasteiger partial charge in [-0.25, -0.2) is 10.2 Å². The van der Waals surface area contributed by atoms with E-state index in [2.05, 4.69) is 10.5 Å². The van der Waals surface area contributed by atoms with Gasteiger partial charge in [0.05, 0.1) is 12.3 Å². The number of rotatable bonds is 3. The summed E-state index contributed by atoms with van der Waals surface area (Å²) in [6.07, 6.45) is -0.540. The second-order valence-corrected chi connectivity index (χ2v) is 4.06. The Kier molecular flexibility index (Phi) is 4.13. The SMILES string of the molecule is CCOC(=O)NN=C(C)c1cccc2ccccc12. The molecule has 98 valence electrons. The van der Waals surface area contributed by atoms with Crippen LogP contribution in [0.4, 0.5) is 4.79 Å². The molecule has 0 fully saturated rings. The number of hydrazone groups is 1. The van der Waals surface area contributed by atoms with E-state index in [1.807, 2.05) is 49.4 Å². The van der Waals surface area contributed by atoms with Gasteiger partial charge in [0.25, 0.3) is 0 Å². The Morgan fingerprint density at radius 3 is 2.74 bits per heavy atom. The quantitative estimate of drug-likeness (QED) is 0.676. The first-order chi connectivity index (χ1) is 9.22. The third-order valence-electron chi connectivity index (χ3n) is 2.77. The highest BCUT2D eigenvalue weighted by molar-refractivity contribution is 6.09. The smallest absolute Gasteiger partial charge is 0.427 e. The number of amides is 1. The van der Waals surface area contributed by atoms with Gasteiger partial charge in [-0.2, -0.15) is 5.10 Å².